The van der Waals surface area contributed by atoms with Crippen LogP contribution in [0.4, 0.5) is 0 Å². The zero-order valence-corrected chi connectivity index (χ0v) is 13.9. The molecule has 23 heavy (non-hydrogen) atoms. The minimum absolute atomic E-state index is 0.355. The van der Waals surface area contributed by atoms with Gasteiger partial charge in [-0.15, -0.1) is 0 Å². The quantitative estimate of drug-likeness (QED) is 0.784. The van der Waals surface area contributed by atoms with Gasteiger partial charge in [0.25, 0.3) is 0 Å². The number of hydrogen-bond donors (Lipinski definition) is 1. The first-order chi connectivity index (χ1) is 10.9. The second kappa shape index (κ2) is 4.94. The van der Waals surface area contributed by atoms with E-state index in [1.54, 1.807) is 16.4 Å². The molecule has 3 aromatic rings. The second-order valence-corrected chi connectivity index (χ2v) is 8.16. The Morgan fingerprint density at radius 3 is 2.39 bits per heavy atom. The Bertz CT molecular complexity index is 1000. The molecule has 1 aliphatic heterocycles. The SMILES string of the molecule is Cc1ccc(S(=O)(=O)N2Cc3[nH]c4ccc(C)cc4c3C2)cc1. The number of benzene rings is 2. The first-order valence-corrected chi connectivity index (χ1v) is 9.06. The van der Waals surface area contributed by atoms with E-state index >= 15 is 0 Å². The third-order valence-corrected chi connectivity index (χ3v) is 6.28. The van der Waals surface area contributed by atoms with E-state index in [9.17, 15) is 8.42 Å². The fourth-order valence-electron chi connectivity index (χ4n) is 3.17. The third-order valence-electron chi connectivity index (χ3n) is 4.48. The highest BCUT2D eigenvalue weighted by Gasteiger charge is 2.32. The summed E-state index contributed by atoms with van der Waals surface area (Å²) < 4.78 is 27.2. The van der Waals surface area contributed by atoms with Crippen LogP contribution < -0.4 is 0 Å². The Labute approximate surface area is 135 Å². The van der Waals surface area contributed by atoms with Gasteiger partial charge in [0.05, 0.1) is 11.4 Å². The standard InChI is InChI=1S/C18H18N2O2S/c1-12-3-6-14(7-4-12)23(21,22)20-10-16-15-9-13(2)5-8-17(15)19-18(16)11-20/h3-9,19H,10-11H2,1-2H3. The van der Waals surface area contributed by atoms with Crippen molar-refractivity contribution < 1.29 is 8.42 Å². The van der Waals surface area contributed by atoms with Crippen LogP contribution in [0.25, 0.3) is 10.9 Å². The van der Waals surface area contributed by atoms with Crippen molar-refractivity contribution in [1.82, 2.24) is 9.29 Å². The summed E-state index contributed by atoms with van der Waals surface area (Å²) >= 11 is 0. The molecule has 0 amide bonds. The monoisotopic (exact) mass is 326 g/mol. The minimum Gasteiger partial charge on any atom is -0.357 e. The number of rotatable bonds is 2. The number of sulfonamides is 1. The van der Waals surface area contributed by atoms with Crippen molar-refractivity contribution in [2.75, 3.05) is 0 Å². The predicted octanol–water partition coefficient (Wildman–Crippen LogP) is 3.49. The molecule has 0 aliphatic carbocycles. The second-order valence-electron chi connectivity index (χ2n) is 6.22. The van der Waals surface area contributed by atoms with Gasteiger partial charge >= 0.3 is 0 Å². The molecule has 2 heterocycles. The van der Waals surface area contributed by atoms with Gasteiger partial charge in [0.1, 0.15) is 0 Å². The van der Waals surface area contributed by atoms with Gasteiger partial charge in [0.2, 0.25) is 10.0 Å². The highest BCUT2D eigenvalue weighted by molar-refractivity contribution is 7.89. The van der Waals surface area contributed by atoms with E-state index in [0.717, 1.165) is 27.7 Å². The van der Waals surface area contributed by atoms with Crippen molar-refractivity contribution in [2.45, 2.75) is 31.8 Å². The van der Waals surface area contributed by atoms with Crippen LogP contribution in [-0.4, -0.2) is 17.7 Å². The van der Waals surface area contributed by atoms with Gasteiger partial charge in [-0.3, -0.25) is 0 Å². The molecule has 0 atom stereocenters. The van der Waals surface area contributed by atoms with Crippen molar-refractivity contribution in [1.29, 1.82) is 0 Å². The molecule has 5 heteroatoms. The molecular formula is C18H18N2O2S. The van der Waals surface area contributed by atoms with Crippen LogP contribution in [0.2, 0.25) is 0 Å². The van der Waals surface area contributed by atoms with E-state index in [0.29, 0.717) is 18.0 Å². The van der Waals surface area contributed by atoms with Crippen LogP contribution in [0.15, 0.2) is 47.4 Å². The maximum atomic E-state index is 12.8. The molecule has 2 aromatic carbocycles. The third kappa shape index (κ3) is 2.28. The van der Waals surface area contributed by atoms with Crippen molar-refractivity contribution in [3.8, 4) is 0 Å². The zero-order valence-electron chi connectivity index (χ0n) is 13.1. The maximum Gasteiger partial charge on any atom is 0.243 e. The van der Waals surface area contributed by atoms with E-state index in [4.69, 9.17) is 0 Å². The number of nitrogens with zero attached hydrogens (tertiary/aromatic N) is 1. The maximum absolute atomic E-state index is 12.8. The number of nitrogens with one attached hydrogen (secondary N) is 1. The van der Waals surface area contributed by atoms with E-state index in [1.807, 2.05) is 19.1 Å². The van der Waals surface area contributed by atoms with E-state index < -0.39 is 10.0 Å². The van der Waals surface area contributed by atoms with Crippen molar-refractivity contribution >= 4 is 20.9 Å². The summed E-state index contributed by atoms with van der Waals surface area (Å²) in [5.41, 5.74) is 5.41. The molecule has 1 aromatic heterocycles. The Morgan fingerprint density at radius 1 is 0.957 bits per heavy atom. The van der Waals surface area contributed by atoms with Gasteiger partial charge in [0.15, 0.2) is 0 Å². The van der Waals surface area contributed by atoms with Crippen molar-refractivity contribution in [2.24, 2.45) is 0 Å². The lowest BCUT2D eigenvalue weighted by atomic mass is 10.1. The molecule has 4 rings (SSSR count). The van der Waals surface area contributed by atoms with Gasteiger partial charge in [-0.25, -0.2) is 8.42 Å². The molecule has 118 valence electrons. The Morgan fingerprint density at radius 2 is 1.65 bits per heavy atom. The average Bonchev–Trinajstić information content (AvgIpc) is 3.06. The first kappa shape index (κ1) is 14.5. The Hall–Kier alpha value is -2.11. The lowest BCUT2D eigenvalue weighted by molar-refractivity contribution is 0.430. The largest absolute Gasteiger partial charge is 0.357 e. The molecule has 0 radical (unpaired) electrons. The van der Waals surface area contributed by atoms with Gasteiger partial charge in [-0.2, -0.15) is 4.31 Å². The van der Waals surface area contributed by atoms with Crippen molar-refractivity contribution in [3.05, 3.63) is 64.8 Å². The van der Waals surface area contributed by atoms with Gasteiger partial charge < -0.3 is 4.98 Å². The number of aromatic nitrogens is 1. The topological polar surface area (TPSA) is 53.2 Å². The number of aromatic amines is 1. The van der Waals surface area contributed by atoms with E-state index in [2.05, 4.69) is 30.1 Å². The summed E-state index contributed by atoms with van der Waals surface area (Å²) in [7, 11) is -3.46. The molecule has 1 N–H and O–H groups in total. The molecule has 0 unspecified atom stereocenters. The first-order valence-electron chi connectivity index (χ1n) is 7.62. The number of aryl methyl sites for hydroxylation is 2. The van der Waals surface area contributed by atoms with E-state index in [1.165, 1.54) is 5.56 Å². The summed E-state index contributed by atoms with van der Waals surface area (Å²) in [6.45, 7) is 4.83. The summed E-state index contributed by atoms with van der Waals surface area (Å²) in [6, 6.07) is 13.3. The number of hydrogen-bond acceptors (Lipinski definition) is 2. The van der Waals surface area contributed by atoms with Crippen LogP contribution >= 0.6 is 0 Å². The smallest absolute Gasteiger partial charge is 0.243 e. The van der Waals surface area contributed by atoms with Gasteiger partial charge in [-0.05, 0) is 43.7 Å². The summed E-state index contributed by atoms with van der Waals surface area (Å²) in [5, 5.41) is 1.13. The van der Waals surface area contributed by atoms with Crippen LogP contribution in [0.1, 0.15) is 22.4 Å². The van der Waals surface area contributed by atoms with E-state index in [-0.39, 0.29) is 0 Å². The normalized spacial score (nSPS) is 15.2. The van der Waals surface area contributed by atoms with Gasteiger partial charge in [-0.1, -0.05) is 29.3 Å². The van der Waals surface area contributed by atoms with Crippen molar-refractivity contribution in [3.63, 3.8) is 0 Å². The predicted molar refractivity (Wildman–Crippen MR) is 90.6 cm³/mol. The fourth-order valence-corrected chi connectivity index (χ4v) is 4.55. The van der Waals surface area contributed by atoms with Gasteiger partial charge in [0, 0.05) is 23.1 Å². The molecule has 4 nitrogen and oxygen atoms in total. The van der Waals surface area contributed by atoms with Crippen LogP contribution in [-0.2, 0) is 23.1 Å². The minimum atomic E-state index is -3.46. The fraction of sp³-hybridized carbons (Fsp3) is 0.222. The van der Waals surface area contributed by atoms with Crippen LogP contribution in [0, 0.1) is 13.8 Å². The molecule has 0 saturated carbocycles. The molecule has 1 aliphatic rings. The molecule has 0 fully saturated rings. The van der Waals surface area contributed by atoms with Crippen LogP contribution in [0.3, 0.4) is 0 Å². The highest BCUT2D eigenvalue weighted by atomic mass is 32.2. The number of H-pyrrole nitrogens is 1. The molecule has 0 bridgehead atoms. The molecular weight excluding hydrogens is 308 g/mol. The zero-order chi connectivity index (χ0) is 16.2. The number of fused-ring (bicyclic) bond motifs is 3. The lowest BCUT2D eigenvalue weighted by Crippen LogP contribution is -2.26. The summed E-state index contributed by atoms with van der Waals surface area (Å²) in [5.74, 6) is 0. The average molecular weight is 326 g/mol. The summed E-state index contributed by atoms with van der Waals surface area (Å²) in [6.07, 6.45) is 0. The lowest BCUT2D eigenvalue weighted by Gasteiger charge is -2.16. The van der Waals surface area contributed by atoms with Crippen LogP contribution in [0.5, 0.6) is 0 Å². The molecule has 0 saturated heterocycles. The molecule has 0 spiro atoms. The Kier molecular flexibility index (Phi) is 3.11. The summed E-state index contributed by atoms with van der Waals surface area (Å²) in [4.78, 5) is 3.72. The highest BCUT2D eigenvalue weighted by Crippen LogP contribution is 2.34. The Balaban J connectivity index is 1.72.